The number of benzene rings is 1. The molecule has 0 N–H and O–H groups in total. The van der Waals surface area contributed by atoms with Gasteiger partial charge in [-0.2, -0.15) is 0 Å². The van der Waals surface area contributed by atoms with E-state index in [0.717, 1.165) is 6.54 Å². The molecule has 5 heteroatoms. The molecule has 17 heavy (non-hydrogen) atoms. The van der Waals surface area contributed by atoms with Crippen LogP contribution >= 0.6 is 15.9 Å². The van der Waals surface area contributed by atoms with E-state index in [4.69, 9.17) is 0 Å². The Morgan fingerprint density at radius 2 is 1.94 bits per heavy atom. The van der Waals surface area contributed by atoms with Gasteiger partial charge in [0.05, 0.1) is 5.56 Å². The van der Waals surface area contributed by atoms with Crippen molar-refractivity contribution in [2.24, 2.45) is 0 Å². The summed E-state index contributed by atoms with van der Waals surface area (Å²) in [6.45, 7) is 1.32. The SMILES string of the molecule is CN(C)CCN(C)C(=O)c1ccc(Br)cc1F. The van der Waals surface area contributed by atoms with Crippen LogP contribution < -0.4 is 0 Å². The number of amides is 1. The third-order valence-corrected chi connectivity index (χ3v) is 2.88. The minimum Gasteiger partial charge on any atom is -0.340 e. The Morgan fingerprint density at radius 3 is 2.47 bits per heavy atom. The van der Waals surface area contributed by atoms with Crippen LogP contribution in [0.25, 0.3) is 0 Å². The molecule has 0 aliphatic rings. The minimum absolute atomic E-state index is 0.106. The van der Waals surface area contributed by atoms with E-state index in [1.807, 2.05) is 19.0 Å². The van der Waals surface area contributed by atoms with E-state index < -0.39 is 5.82 Å². The van der Waals surface area contributed by atoms with Gasteiger partial charge in [0, 0.05) is 24.6 Å². The Kier molecular flexibility index (Phi) is 5.08. The van der Waals surface area contributed by atoms with Crippen molar-refractivity contribution in [3.8, 4) is 0 Å². The number of hydrogen-bond acceptors (Lipinski definition) is 2. The monoisotopic (exact) mass is 302 g/mol. The first kappa shape index (κ1) is 14.1. The number of halogens is 2. The molecule has 0 atom stereocenters. The molecule has 0 saturated heterocycles. The van der Waals surface area contributed by atoms with Crippen LogP contribution in [0, 0.1) is 5.82 Å². The molecule has 0 fully saturated rings. The van der Waals surface area contributed by atoms with Crippen LogP contribution in [0.5, 0.6) is 0 Å². The topological polar surface area (TPSA) is 23.6 Å². The van der Waals surface area contributed by atoms with E-state index in [0.29, 0.717) is 11.0 Å². The maximum atomic E-state index is 13.6. The number of rotatable bonds is 4. The Hall–Kier alpha value is -0.940. The Bertz CT molecular complexity index is 409. The summed E-state index contributed by atoms with van der Waals surface area (Å²) in [7, 11) is 5.53. The van der Waals surface area contributed by atoms with Gasteiger partial charge in [0.25, 0.3) is 5.91 Å². The molecule has 0 radical (unpaired) electrons. The van der Waals surface area contributed by atoms with Gasteiger partial charge in [-0.05, 0) is 32.3 Å². The van der Waals surface area contributed by atoms with E-state index in [9.17, 15) is 9.18 Å². The van der Waals surface area contributed by atoms with Crippen molar-refractivity contribution in [2.45, 2.75) is 0 Å². The van der Waals surface area contributed by atoms with Crippen molar-refractivity contribution in [1.29, 1.82) is 0 Å². The number of likely N-dealkylation sites (N-methyl/N-ethyl adjacent to an activating group) is 2. The molecule has 1 aromatic carbocycles. The lowest BCUT2D eigenvalue weighted by atomic mass is 10.2. The van der Waals surface area contributed by atoms with Gasteiger partial charge in [-0.3, -0.25) is 4.79 Å². The lowest BCUT2D eigenvalue weighted by Gasteiger charge is -2.20. The summed E-state index contributed by atoms with van der Waals surface area (Å²) < 4.78 is 14.2. The molecule has 94 valence electrons. The smallest absolute Gasteiger partial charge is 0.256 e. The van der Waals surface area contributed by atoms with Gasteiger partial charge in [0.2, 0.25) is 0 Å². The molecule has 1 aromatic rings. The first-order chi connectivity index (χ1) is 7.91. The molecule has 0 unspecified atom stereocenters. The maximum Gasteiger partial charge on any atom is 0.256 e. The quantitative estimate of drug-likeness (QED) is 0.851. The fourth-order valence-electron chi connectivity index (χ4n) is 1.32. The first-order valence-electron chi connectivity index (χ1n) is 5.27. The average Bonchev–Trinajstić information content (AvgIpc) is 2.25. The van der Waals surface area contributed by atoms with Gasteiger partial charge in [-0.1, -0.05) is 15.9 Å². The van der Waals surface area contributed by atoms with Crippen molar-refractivity contribution in [3.05, 3.63) is 34.1 Å². The summed E-state index contributed by atoms with van der Waals surface area (Å²) >= 11 is 3.16. The molecule has 0 aromatic heterocycles. The average molecular weight is 303 g/mol. The van der Waals surface area contributed by atoms with Crippen LogP contribution in [0.4, 0.5) is 4.39 Å². The zero-order valence-corrected chi connectivity index (χ0v) is 11.8. The van der Waals surface area contributed by atoms with E-state index in [1.165, 1.54) is 17.0 Å². The molecule has 1 rings (SSSR count). The van der Waals surface area contributed by atoms with Crippen LogP contribution in [0.15, 0.2) is 22.7 Å². The fraction of sp³-hybridized carbons (Fsp3) is 0.417. The maximum absolute atomic E-state index is 13.6. The van der Waals surface area contributed by atoms with Gasteiger partial charge in [-0.25, -0.2) is 4.39 Å². The Morgan fingerprint density at radius 1 is 1.29 bits per heavy atom. The predicted molar refractivity (Wildman–Crippen MR) is 69.6 cm³/mol. The van der Waals surface area contributed by atoms with Crippen molar-refractivity contribution >= 4 is 21.8 Å². The second kappa shape index (κ2) is 6.12. The van der Waals surface area contributed by atoms with Gasteiger partial charge in [0.15, 0.2) is 0 Å². The van der Waals surface area contributed by atoms with E-state index in [2.05, 4.69) is 15.9 Å². The van der Waals surface area contributed by atoms with E-state index in [1.54, 1.807) is 13.1 Å². The third kappa shape index (κ3) is 4.09. The van der Waals surface area contributed by atoms with Crippen LogP contribution in [-0.4, -0.2) is 49.9 Å². The van der Waals surface area contributed by atoms with Crippen LogP contribution in [0.3, 0.4) is 0 Å². The van der Waals surface area contributed by atoms with E-state index in [-0.39, 0.29) is 11.5 Å². The highest BCUT2D eigenvalue weighted by molar-refractivity contribution is 9.10. The third-order valence-electron chi connectivity index (χ3n) is 2.39. The first-order valence-corrected chi connectivity index (χ1v) is 6.06. The van der Waals surface area contributed by atoms with Crippen LogP contribution in [0.1, 0.15) is 10.4 Å². The highest BCUT2D eigenvalue weighted by Crippen LogP contribution is 2.16. The highest BCUT2D eigenvalue weighted by atomic mass is 79.9. The molecule has 0 heterocycles. The zero-order chi connectivity index (χ0) is 13.0. The predicted octanol–water partition coefficient (Wildman–Crippen LogP) is 2.22. The minimum atomic E-state index is -0.499. The van der Waals surface area contributed by atoms with Gasteiger partial charge in [0.1, 0.15) is 5.82 Å². The van der Waals surface area contributed by atoms with Crippen molar-refractivity contribution in [1.82, 2.24) is 9.80 Å². The number of carbonyl (C=O) groups excluding carboxylic acids is 1. The number of hydrogen-bond donors (Lipinski definition) is 0. The molecule has 0 saturated carbocycles. The molecular formula is C12H16BrFN2O. The second-order valence-corrected chi connectivity index (χ2v) is 5.07. The molecule has 0 aliphatic carbocycles. The van der Waals surface area contributed by atoms with Crippen molar-refractivity contribution in [2.75, 3.05) is 34.2 Å². The molecule has 0 aliphatic heterocycles. The molecule has 1 amide bonds. The van der Waals surface area contributed by atoms with Gasteiger partial charge in [-0.15, -0.1) is 0 Å². The fourth-order valence-corrected chi connectivity index (χ4v) is 1.65. The second-order valence-electron chi connectivity index (χ2n) is 4.15. The number of carbonyl (C=O) groups is 1. The lowest BCUT2D eigenvalue weighted by molar-refractivity contribution is 0.0781. The number of nitrogens with zero attached hydrogens (tertiary/aromatic N) is 2. The summed E-state index contributed by atoms with van der Waals surface area (Å²) in [5.41, 5.74) is 0.106. The van der Waals surface area contributed by atoms with Crippen LogP contribution in [0.2, 0.25) is 0 Å². The van der Waals surface area contributed by atoms with Crippen LogP contribution in [-0.2, 0) is 0 Å². The summed E-state index contributed by atoms with van der Waals surface area (Å²) in [6.07, 6.45) is 0. The van der Waals surface area contributed by atoms with Crippen molar-refractivity contribution < 1.29 is 9.18 Å². The molecular weight excluding hydrogens is 287 g/mol. The van der Waals surface area contributed by atoms with Crippen molar-refractivity contribution in [3.63, 3.8) is 0 Å². The zero-order valence-electron chi connectivity index (χ0n) is 10.2. The molecule has 0 bridgehead atoms. The lowest BCUT2D eigenvalue weighted by Crippen LogP contribution is -2.33. The summed E-state index contributed by atoms with van der Waals surface area (Å²) in [5, 5.41) is 0. The Balaban J connectivity index is 2.75. The van der Waals surface area contributed by atoms with Gasteiger partial charge < -0.3 is 9.80 Å². The molecule has 0 spiro atoms. The van der Waals surface area contributed by atoms with Gasteiger partial charge >= 0.3 is 0 Å². The highest BCUT2D eigenvalue weighted by Gasteiger charge is 2.16. The Labute approximate surface area is 109 Å². The summed E-state index contributed by atoms with van der Waals surface area (Å²) in [6, 6.07) is 4.46. The summed E-state index contributed by atoms with van der Waals surface area (Å²) in [4.78, 5) is 15.4. The summed E-state index contributed by atoms with van der Waals surface area (Å²) in [5.74, 6) is -0.794. The normalized spacial score (nSPS) is 10.7. The van der Waals surface area contributed by atoms with E-state index >= 15 is 0 Å². The standard InChI is InChI=1S/C12H16BrFN2O/c1-15(2)6-7-16(3)12(17)10-5-4-9(13)8-11(10)14/h4-5,8H,6-7H2,1-3H3. The largest absolute Gasteiger partial charge is 0.340 e. The molecule has 3 nitrogen and oxygen atoms in total.